The Morgan fingerprint density at radius 2 is 2.16 bits per heavy atom. The van der Waals surface area contributed by atoms with Gasteiger partial charge in [-0.1, -0.05) is 6.07 Å². The average Bonchev–Trinajstić information content (AvgIpc) is 2.31. The number of sulfone groups is 1. The van der Waals surface area contributed by atoms with Crippen molar-refractivity contribution in [2.75, 3.05) is 17.2 Å². The second-order valence-electron chi connectivity index (χ2n) is 5.00. The van der Waals surface area contributed by atoms with Crippen molar-refractivity contribution in [2.45, 2.75) is 25.8 Å². The first-order valence-electron chi connectivity index (χ1n) is 6.25. The van der Waals surface area contributed by atoms with Gasteiger partial charge in [-0.05, 0) is 37.5 Å². The first-order valence-corrected chi connectivity index (χ1v) is 8.07. The number of rotatable bonds is 2. The van der Waals surface area contributed by atoms with Gasteiger partial charge >= 0.3 is 0 Å². The Morgan fingerprint density at radius 3 is 2.79 bits per heavy atom. The van der Waals surface area contributed by atoms with Crippen molar-refractivity contribution in [1.82, 2.24) is 5.32 Å². The molecule has 1 saturated heterocycles. The fraction of sp³-hybridized carbons (Fsp3) is 0.462. The van der Waals surface area contributed by atoms with E-state index in [2.05, 4.69) is 5.32 Å². The molecule has 1 aliphatic rings. The van der Waals surface area contributed by atoms with Crippen molar-refractivity contribution < 1.29 is 13.2 Å². The van der Waals surface area contributed by atoms with Crippen LogP contribution in [0.15, 0.2) is 18.2 Å². The van der Waals surface area contributed by atoms with Crippen LogP contribution in [0.4, 0.5) is 5.69 Å². The van der Waals surface area contributed by atoms with Crippen LogP contribution in [-0.2, 0) is 9.84 Å². The van der Waals surface area contributed by atoms with Crippen LogP contribution in [0.25, 0.3) is 0 Å². The number of carbonyl (C=O) groups excluding carboxylic acids is 1. The lowest BCUT2D eigenvalue weighted by atomic mass is 10.1. The molecule has 1 fully saturated rings. The highest BCUT2D eigenvalue weighted by molar-refractivity contribution is 7.91. The number of anilines is 1. The maximum Gasteiger partial charge on any atom is 0.251 e. The second-order valence-corrected chi connectivity index (χ2v) is 7.23. The molecule has 0 aliphatic carbocycles. The molecule has 1 heterocycles. The third-order valence-electron chi connectivity index (χ3n) is 3.34. The molecular weight excluding hydrogens is 264 g/mol. The van der Waals surface area contributed by atoms with Gasteiger partial charge in [0.1, 0.15) is 0 Å². The zero-order chi connectivity index (χ0) is 14.0. The quantitative estimate of drug-likeness (QED) is 0.788. The monoisotopic (exact) mass is 282 g/mol. The van der Waals surface area contributed by atoms with E-state index in [0.29, 0.717) is 24.1 Å². The number of hydrogen-bond acceptors (Lipinski definition) is 4. The normalized spacial score (nSPS) is 21.8. The summed E-state index contributed by atoms with van der Waals surface area (Å²) in [5.41, 5.74) is 7.70. The molecule has 19 heavy (non-hydrogen) atoms. The zero-order valence-electron chi connectivity index (χ0n) is 10.8. The lowest BCUT2D eigenvalue weighted by molar-refractivity contribution is 0.0938. The molecule has 1 unspecified atom stereocenters. The molecule has 3 N–H and O–H groups in total. The summed E-state index contributed by atoms with van der Waals surface area (Å²) in [5, 5.41) is 2.76. The summed E-state index contributed by atoms with van der Waals surface area (Å²) in [6.07, 6.45) is 1.30. The number of nitrogen functional groups attached to an aromatic ring is 1. The van der Waals surface area contributed by atoms with E-state index in [1.54, 1.807) is 18.2 Å². The number of carbonyl (C=O) groups is 1. The summed E-state index contributed by atoms with van der Waals surface area (Å²) in [7, 11) is -3.01. The van der Waals surface area contributed by atoms with Crippen LogP contribution in [-0.4, -0.2) is 31.9 Å². The Hall–Kier alpha value is -1.56. The molecule has 1 aromatic carbocycles. The van der Waals surface area contributed by atoms with E-state index >= 15 is 0 Å². The Kier molecular flexibility index (Phi) is 3.80. The summed E-state index contributed by atoms with van der Waals surface area (Å²) >= 11 is 0. The van der Waals surface area contributed by atoms with E-state index < -0.39 is 9.84 Å². The van der Waals surface area contributed by atoms with E-state index in [9.17, 15) is 13.2 Å². The third-order valence-corrected chi connectivity index (χ3v) is 5.16. The molecular formula is C13H18N2O3S. The van der Waals surface area contributed by atoms with Crippen LogP contribution in [0.5, 0.6) is 0 Å². The first kappa shape index (κ1) is 13.9. The van der Waals surface area contributed by atoms with E-state index in [1.807, 2.05) is 6.92 Å². The number of nitrogens with two attached hydrogens (primary N) is 1. The topological polar surface area (TPSA) is 89.3 Å². The number of hydrogen-bond donors (Lipinski definition) is 2. The van der Waals surface area contributed by atoms with Gasteiger partial charge in [0.05, 0.1) is 11.5 Å². The fourth-order valence-corrected chi connectivity index (χ4v) is 3.82. The van der Waals surface area contributed by atoms with Gasteiger partial charge in [0.25, 0.3) is 5.91 Å². The lowest BCUT2D eigenvalue weighted by Gasteiger charge is -2.23. The van der Waals surface area contributed by atoms with Gasteiger partial charge in [-0.25, -0.2) is 8.42 Å². The van der Waals surface area contributed by atoms with Gasteiger partial charge in [-0.15, -0.1) is 0 Å². The molecule has 1 aromatic rings. The molecule has 0 radical (unpaired) electrons. The van der Waals surface area contributed by atoms with Crippen LogP contribution in [0, 0.1) is 6.92 Å². The minimum atomic E-state index is -3.01. The van der Waals surface area contributed by atoms with Crippen molar-refractivity contribution in [3.05, 3.63) is 29.3 Å². The summed E-state index contributed by atoms with van der Waals surface area (Å²) in [5.74, 6) is -0.0227. The summed E-state index contributed by atoms with van der Waals surface area (Å²) in [4.78, 5) is 12.0. The average molecular weight is 282 g/mol. The second kappa shape index (κ2) is 5.21. The van der Waals surface area contributed by atoms with Gasteiger partial charge in [-0.2, -0.15) is 0 Å². The molecule has 1 aliphatic heterocycles. The summed E-state index contributed by atoms with van der Waals surface area (Å²) in [6.45, 7) is 1.87. The molecule has 0 spiro atoms. The smallest absolute Gasteiger partial charge is 0.251 e. The summed E-state index contributed by atoms with van der Waals surface area (Å²) in [6, 6.07) is 4.79. The van der Waals surface area contributed by atoms with Crippen LogP contribution in [0.1, 0.15) is 28.8 Å². The highest BCUT2D eigenvalue weighted by Gasteiger charge is 2.26. The molecule has 0 bridgehead atoms. The van der Waals surface area contributed by atoms with Crippen LogP contribution in [0.2, 0.25) is 0 Å². The van der Waals surface area contributed by atoms with Gasteiger partial charge in [0.15, 0.2) is 9.84 Å². The van der Waals surface area contributed by atoms with Crippen molar-refractivity contribution in [1.29, 1.82) is 0 Å². The fourth-order valence-electron chi connectivity index (χ4n) is 2.19. The molecule has 0 saturated carbocycles. The highest BCUT2D eigenvalue weighted by Crippen LogP contribution is 2.15. The third kappa shape index (κ3) is 3.47. The Morgan fingerprint density at radius 1 is 1.42 bits per heavy atom. The molecule has 0 aromatic heterocycles. The molecule has 5 nitrogen and oxygen atoms in total. The van der Waals surface area contributed by atoms with E-state index in [4.69, 9.17) is 5.73 Å². The van der Waals surface area contributed by atoms with Crippen molar-refractivity contribution >= 4 is 21.4 Å². The van der Waals surface area contributed by atoms with Crippen LogP contribution >= 0.6 is 0 Å². The predicted molar refractivity (Wildman–Crippen MR) is 74.7 cm³/mol. The number of benzene rings is 1. The van der Waals surface area contributed by atoms with Gasteiger partial charge in [0, 0.05) is 17.3 Å². The Bertz CT molecular complexity index is 596. The lowest BCUT2D eigenvalue weighted by Crippen LogP contribution is -2.43. The zero-order valence-corrected chi connectivity index (χ0v) is 11.7. The van der Waals surface area contributed by atoms with E-state index in [-0.39, 0.29) is 23.5 Å². The molecule has 1 amide bonds. The molecule has 6 heteroatoms. The maximum atomic E-state index is 12.0. The summed E-state index contributed by atoms with van der Waals surface area (Å²) < 4.78 is 23.0. The van der Waals surface area contributed by atoms with E-state index in [0.717, 1.165) is 5.56 Å². The minimum Gasteiger partial charge on any atom is -0.398 e. The predicted octanol–water partition coefficient (Wildman–Crippen LogP) is 0.884. The molecule has 2 rings (SSSR count). The van der Waals surface area contributed by atoms with Crippen LogP contribution < -0.4 is 11.1 Å². The highest BCUT2D eigenvalue weighted by atomic mass is 32.2. The number of aryl methyl sites for hydroxylation is 1. The number of amides is 1. The minimum absolute atomic E-state index is 0.0279. The van der Waals surface area contributed by atoms with Crippen molar-refractivity contribution in [3.63, 3.8) is 0 Å². The first-order chi connectivity index (χ1) is 8.87. The number of nitrogens with one attached hydrogen (secondary N) is 1. The molecule has 104 valence electrons. The largest absolute Gasteiger partial charge is 0.398 e. The Labute approximate surface area is 113 Å². The van der Waals surface area contributed by atoms with Gasteiger partial charge < -0.3 is 11.1 Å². The van der Waals surface area contributed by atoms with Crippen molar-refractivity contribution in [2.24, 2.45) is 0 Å². The maximum absolute atomic E-state index is 12.0. The van der Waals surface area contributed by atoms with Crippen LogP contribution in [0.3, 0.4) is 0 Å². The molecule has 1 atom stereocenters. The van der Waals surface area contributed by atoms with E-state index in [1.165, 1.54) is 0 Å². The standard InChI is InChI=1S/C13H18N2O3S/c1-9-4-5-10(7-12(9)14)13(16)15-11-3-2-6-19(17,18)8-11/h4-5,7,11H,2-3,6,8,14H2,1H3,(H,15,16). The SMILES string of the molecule is Cc1ccc(C(=O)NC2CCCS(=O)(=O)C2)cc1N. The Balaban J connectivity index is 2.06. The van der Waals surface area contributed by atoms with Gasteiger partial charge in [-0.3, -0.25) is 4.79 Å². The van der Waals surface area contributed by atoms with Crippen molar-refractivity contribution in [3.8, 4) is 0 Å². The van der Waals surface area contributed by atoms with Gasteiger partial charge in [0.2, 0.25) is 0 Å².